The van der Waals surface area contributed by atoms with Gasteiger partial charge >= 0.3 is 5.97 Å². The molecule has 120 valence electrons. The molecule has 0 aliphatic heterocycles. The number of carbonyl (C=O) groups is 2. The average molecular weight is 297 g/mol. The van der Waals surface area contributed by atoms with Crippen LogP contribution < -0.4 is 5.32 Å². The standard InChI is InChI=1S/C16H27NO4/c1-2-11-8-12(13(9-11)15(20)21)14(19)17-16(10-18)6-4-3-5-7-16/h11-13,18H,2-10H2,1H3,(H,17,19)(H,20,21)/t11?,12-,13+/m0/s1. The lowest BCUT2D eigenvalue weighted by Gasteiger charge is -2.37. The Balaban J connectivity index is 2.05. The second-order valence-electron chi connectivity index (χ2n) is 6.79. The first-order valence-electron chi connectivity index (χ1n) is 8.17. The Morgan fingerprint density at radius 3 is 2.29 bits per heavy atom. The fourth-order valence-corrected chi connectivity index (χ4v) is 3.94. The van der Waals surface area contributed by atoms with Gasteiger partial charge in [-0.25, -0.2) is 0 Å². The van der Waals surface area contributed by atoms with Crippen molar-refractivity contribution in [2.45, 2.75) is 63.8 Å². The van der Waals surface area contributed by atoms with Crippen LogP contribution in [-0.2, 0) is 9.59 Å². The third-order valence-electron chi connectivity index (χ3n) is 5.39. The summed E-state index contributed by atoms with van der Waals surface area (Å²) < 4.78 is 0. The molecule has 0 radical (unpaired) electrons. The summed E-state index contributed by atoms with van der Waals surface area (Å²) >= 11 is 0. The molecule has 0 spiro atoms. The molecular formula is C16H27NO4. The van der Waals surface area contributed by atoms with Gasteiger partial charge in [-0.15, -0.1) is 0 Å². The third-order valence-corrected chi connectivity index (χ3v) is 5.39. The predicted octanol–water partition coefficient (Wildman–Crippen LogP) is 1.93. The van der Waals surface area contributed by atoms with Crippen molar-refractivity contribution in [1.82, 2.24) is 5.32 Å². The molecule has 2 saturated carbocycles. The van der Waals surface area contributed by atoms with Gasteiger partial charge in [-0.1, -0.05) is 32.6 Å². The molecule has 2 aliphatic carbocycles. The molecule has 5 nitrogen and oxygen atoms in total. The number of carboxylic acid groups (broad SMARTS) is 1. The van der Waals surface area contributed by atoms with E-state index in [0.717, 1.165) is 38.5 Å². The maximum Gasteiger partial charge on any atom is 0.307 e. The molecule has 0 aromatic rings. The first-order chi connectivity index (χ1) is 10.0. The van der Waals surface area contributed by atoms with Gasteiger partial charge in [-0.05, 0) is 31.6 Å². The van der Waals surface area contributed by atoms with Crippen LogP contribution >= 0.6 is 0 Å². The van der Waals surface area contributed by atoms with Gasteiger partial charge in [0.2, 0.25) is 5.91 Å². The predicted molar refractivity (Wildman–Crippen MR) is 78.7 cm³/mol. The van der Waals surface area contributed by atoms with E-state index in [0.29, 0.717) is 18.8 Å². The molecule has 1 amide bonds. The van der Waals surface area contributed by atoms with Crippen LogP contribution in [0.25, 0.3) is 0 Å². The fraction of sp³-hybridized carbons (Fsp3) is 0.875. The zero-order valence-electron chi connectivity index (χ0n) is 12.8. The SMILES string of the molecule is CCC1C[C@H](C(=O)NC2(CO)CCCCC2)[C@H](C(=O)O)C1. The lowest BCUT2D eigenvalue weighted by molar-refractivity contribution is -0.146. The van der Waals surface area contributed by atoms with Crippen molar-refractivity contribution < 1.29 is 19.8 Å². The molecule has 5 heteroatoms. The normalized spacial score (nSPS) is 31.8. The first-order valence-corrected chi connectivity index (χ1v) is 8.17. The van der Waals surface area contributed by atoms with Gasteiger partial charge in [0, 0.05) is 0 Å². The van der Waals surface area contributed by atoms with Crippen LogP contribution in [0.3, 0.4) is 0 Å². The molecule has 2 fully saturated rings. The molecule has 0 aromatic carbocycles. The third kappa shape index (κ3) is 3.57. The van der Waals surface area contributed by atoms with Crippen LogP contribution in [0.15, 0.2) is 0 Å². The van der Waals surface area contributed by atoms with Crippen LogP contribution in [0.5, 0.6) is 0 Å². The minimum Gasteiger partial charge on any atom is -0.481 e. The number of rotatable bonds is 5. The van der Waals surface area contributed by atoms with Crippen molar-refractivity contribution in [2.75, 3.05) is 6.61 Å². The summed E-state index contributed by atoms with van der Waals surface area (Å²) in [6, 6.07) is 0. The number of carbonyl (C=O) groups excluding carboxylic acids is 1. The van der Waals surface area contributed by atoms with E-state index in [1.54, 1.807) is 0 Å². The molecule has 1 unspecified atom stereocenters. The summed E-state index contributed by atoms with van der Waals surface area (Å²) in [7, 11) is 0. The maximum absolute atomic E-state index is 12.6. The second-order valence-corrected chi connectivity index (χ2v) is 6.79. The summed E-state index contributed by atoms with van der Waals surface area (Å²) in [6.45, 7) is 1.99. The summed E-state index contributed by atoms with van der Waals surface area (Å²) in [4.78, 5) is 24.0. The fourth-order valence-electron chi connectivity index (χ4n) is 3.94. The average Bonchev–Trinajstić information content (AvgIpc) is 2.93. The molecule has 3 atom stereocenters. The van der Waals surface area contributed by atoms with Crippen LogP contribution in [0.2, 0.25) is 0 Å². The minimum atomic E-state index is -0.868. The smallest absolute Gasteiger partial charge is 0.307 e. The van der Waals surface area contributed by atoms with Crippen molar-refractivity contribution >= 4 is 11.9 Å². The molecule has 0 aromatic heterocycles. The number of carboxylic acids is 1. The number of aliphatic hydroxyl groups is 1. The van der Waals surface area contributed by atoms with Gasteiger partial charge in [-0.3, -0.25) is 9.59 Å². The molecule has 0 saturated heterocycles. The number of hydrogen-bond donors (Lipinski definition) is 3. The van der Waals surface area contributed by atoms with E-state index in [1.807, 2.05) is 6.92 Å². The number of aliphatic hydroxyl groups excluding tert-OH is 1. The highest BCUT2D eigenvalue weighted by Gasteiger charge is 2.44. The summed E-state index contributed by atoms with van der Waals surface area (Å²) in [5, 5.41) is 22.0. The van der Waals surface area contributed by atoms with E-state index in [4.69, 9.17) is 0 Å². The Labute approximate surface area is 126 Å². The topological polar surface area (TPSA) is 86.6 Å². The highest BCUT2D eigenvalue weighted by molar-refractivity contribution is 5.85. The Morgan fingerprint density at radius 1 is 1.14 bits per heavy atom. The molecule has 0 bridgehead atoms. The summed E-state index contributed by atoms with van der Waals surface area (Å²) in [5.41, 5.74) is -0.525. The summed E-state index contributed by atoms with van der Waals surface area (Å²) in [6.07, 6.45) is 6.89. The van der Waals surface area contributed by atoms with Crippen molar-refractivity contribution in [2.24, 2.45) is 17.8 Å². The van der Waals surface area contributed by atoms with Crippen molar-refractivity contribution in [1.29, 1.82) is 0 Å². The molecule has 2 aliphatic rings. The van der Waals surface area contributed by atoms with E-state index in [1.165, 1.54) is 0 Å². The Kier molecular flexibility index (Phi) is 5.25. The number of hydrogen-bond acceptors (Lipinski definition) is 3. The van der Waals surface area contributed by atoms with E-state index in [-0.39, 0.29) is 12.5 Å². The lowest BCUT2D eigenvalue weighted by atomic mass is 9.81. The van der Waals surface area contributed by atoms with Crippen LogP contribution in [0.1, 0.15) is 58.3 Å². The van der Waals surface area contributed by atoms with Gasteiger partial charge in [0.1, 0.15) is 0 Å². The molecular weight excluding hydrogens is 270 g/mol. The zero-order chi connectivity index (χ0) is 15.5. The highest BCUT2D eigenvalue weighted by Crippen LogP contribution is 2.39. The quantitative estimate of drug-likeness (QED) is 0.723. The van der Waals surface area contributed by atoms with Crippen LogP contribution in [-0.4, -0.2) is 34.2 Å². The van der Waals surface area contributed by atoms with E-state index < -0.39 is 23.3 Å². The van der Waals surface area contributed by atoms with Gasteiger partial charge in [0.05, 0.1) is 24.0 Å². The monoisotopic (exact) mass is 297 g/mol. The Hall–Kier alpha value is -1.10. The highest BCUT2D eigenvalue weighted by atomic mass is 16.4. The minimum absolute atomic E-state index is 0.0552. The Bertz CT molecular complexity index is 390. The van der Waals surface area contributed by atoms with Gasteiger partial charge in [-0.2, -0.15) is 0 Å². The molecule has 3 N–H and O–H groups in total. The van der Waals surface area contributed by atoms with E-state index in [2.05, 4.69) is 5.32 Å². The Morgan fingerprint density at radius 2 is 1.76 bits per heavy atom. The first kappa shape index (κ1) is 16.3. The van der Waals surface area contributed by atoms with Crippen molar-refractivity contribution in [3.8, 4) is 0 Å². The number of amides is 1. The van der Waals surface area contributed by atoms with Crippen molar-refractivity contribution in [3.05, 3.63) is 0 Å². The second kappa shape index (κ2) is 6.77. The van der Waals surface area contributed by atoms with E-state index in [9.17, 15) is 19.8 Å². The van der Waals surface area contributed by atoms with Crippen molar-refractivity contribution in [3.63, 3.8) is 0 Å². The largest absolute Gasteiger partial charge is 0.481 e. The molecule has 2 rings (SSSR count). The number of nitrogens with one attached hydrogen (secondary N) is 1. The van der Waals surface area contributed by atoms with E-state index >= 15 is 0 Å². The number of aliphatic carboxylic acids is 1. The summed E-state index contributed by atoms with van der Waals surface area (Å²) in [5.74, 6) is -1.74. The van der Waals surface area contributed by atoms with Crippen LogP contribution in [0, 0.1) is 17.8 Å². The van der Waals surface area contributed by atoms with Crippen LogP contribution in [0.4, 0.5) is 0 Å². The molecule has 21 heavy (non-hydrogen) atoms. The zero-order valence-corrected chi connectivity index (χ0v) is 12.8. The molecule has 0 heterocycles. The lowest BCUT2D eigenvalue weighted by Crippen LogP contribution is -2.54. The maximum atomic E-state index is 12.6. The van der Waals surface area contributed by atoms with Gasteiger partial charge in [0.15, 0.2) is 0 Å². The van der Waals surface area contributed by atoms with Gasteiger partial charge in [0.25, 0.3) is 0 Å². The van der Waals surface area contributed by atoms with Gasteiger partial charge < -0.3 is 15.5 Å².